The molecule has 0 saturated carbocycles. The molecule has 0 N–H and O–H groups in total. The van der Waals surface area contributed by atoms with Gasteiger partial charge in [0.25, 0.3) is 0 Å². The zero-order valence-corrected chi connectivity index (χ0v) is 9.55. The molecule has 0 aromatic carbocycles. The van der Waals surface area contributed by atoms with Gasteiger partial charge in [-0.15, -0.1) is 0 Å². The van der Waals surface area contributed by atoms with Crippen LogP contribution < -0.4 is 0 Å². The first-order chi connectivity index (χ1) is 8.57. The molecule has 0 aromatic heterocycles. The van der Waals surface area contributed by atoms with Crippen LogP contribution in [0, 0.1) is 35.5 Å². The third kappa shape index (κ3) is 8.17. The van der Waals surface area contributed by atoms with Crippen molar-refractivity contribution >= 4 is 0 Å². The van der Waals surface area contributed by atoms with Gasteiger partial charge in [-0.3, -0.25) is 0 Å². The Hall–Kier alpha value is -0.440. The molecule has 0 fully saturated rings. The average molecular weight is 198 g/mol. The zero-order chi connectivity index (χ0) is 14.0. The largest absolute Gasteiger partial charge is 0.0999 e. The van der Waals surface area contributed by atoms with Crippen molar-refractivity contribution in [3.63, 3.8) is 0 Å². The lowest BCUT2D eigenvalue weighted by Crippen LogP contribution is -2.00. The number of hydrogen-bond acceptors (Lipinski definition) is 0. The molecule has 0 aromatic rings. The monoisotopic (exact) mass is 198 g/mol. The second-order valence-corrected chi connectivity index (χ2v) is 4.36. The van der Waals surface area contributed by atoms with Gasteiger partial charge in [-0.25, -0.2) is 0 Å². The summed E-state index contributed by atoms with van der Waals surface area (Å²) in [6, 6.07) is 0. The average Bonchev–Trinajstić information content (AvgIpc) is 2.40. The lowest BCUT2D eigenvalue weighted by atomic mass is 9.96. The van der Waals surface area contributed by atoms with Crippen LogP contribution in [-0.2, 0) is 0 Å². The number of rotatable bonds is 4. The predicted molar refractivity (Wildman–Crippen MR) is 65.0 cm³/mol. The summed E-state index contributed by atoms with van der Waals surface area (Å²) in [7, 11) is 0. The Labute approximate surface area is 96.1 Å². The molecule has 0 spiro atoms. The lowest BCUT2D eigenvalue weighted by Gasteiger charge is -2.09. The quantitative estimate of drug-likeness (QED) is 0.589. The second-order valence-electron chi connectivity index (χ2n) is 4.36. The highest BCUT2D eigenvalue weighted by molar-refractivity contribution is 5.05. The standard InChI is InChI=1S/C14H26/c1-11(2)9-13(5)7-8-14(6)10-12(3)4/h11-14H,9-10H2,1-6H3/i1D,3D,5D,6D. The molecule has 0 aliphatic rings. The second kappa shape index (κ2) is 6.93. The highest BCUT2D eigenvalue weighted by Gasteiger charge is 2.03. The Balaban J connectivity index is 4.37. The van der Waals surface area contributed by atoms with Crippen molar-refractivity contribution in [2.24, 2.45) is 23.7 Å². The van der Waals surface area contributed by atoms with Crippen molar-refractivity contribution in [3.8, 4) is 11.8 Å². The van der Waals surface area contributed by atoms with Gasteiger partial charge in [0.05, 0.1) is 0 Å². The summed E-state index contributed by atoms with van der Waals surface area (Å²) < 4.78 is 29.5. The van der Waals surface area contributed by atoms with Gasteiger partial charge in [0.1, 0.15) is 0 Å². The molecule has 0 heteroatoms. The molecular formula is C14H26. The third-order valence-corrected chi connectivity index (χ3v) is 1.87. The van der Waals surface area contributed by atoms with Crippen LogP contribution >= 0.6 is 0 Å². The van der Waals surface area contributed by atoms with E-state index in [0.717, 1.165) is 12.8 Å². The van der Waals surface area contributed by atoms with Gasteiger partial charge in [0.2, 0.25) is 0 Å². The maximum Gasteiger partial charge on any atom is 0.0243 e. The van der Waals surface area contributed by atoms with E-state index in [0.29, 0.717) is 13.8 Å². The Morgan fingerprint density at radius 2 is 1.29 bits per heavy atom. The number of hydrogen-bond donors (Lipinski definition) is 0. The Kier molecular flexibility index (Phi) is 3.86. The molecule has 0 radical (unpaired) electrons. The predicted octanol–water partition coefficient (Wildman–Crippen LogP) is 4.35. The van der Waals surface area contributed by atoms with Crippen molar-refractivity contribution < 1.29 is 5.48 Å². The summed E-state index contributed by atoms with van der Waals surface area (Å²) in [6.45, 7) is 5.35. The fourth-order valence-corrected chi connectivity index (χ4v) is 1.32. The van der Waals surface area contributed by atoms with Crippen LogP contribution in [0.5, 0.6) is 0 Å². The van der Waals surface area contributed by atoms with E-state index >= 15 is 0 Å². The topological polar surface area (TPSA) is 0 Å². The smallest absolute Gasteiger partial charge is 0.0243 e. The van der Waals surface area contributed by atoms with E-state index in [-0.39, 0.29) is 37.5 Å². The van der Waals surface area contributed by atoms with E-state index < -0.39 is 0 Å². The first-order valence-electron chi connectivity index (χ1n) is 8.08. The molecule has 0 rings (SSSR count). The van der Waals surface area contributed by atoms with Crippen molar-refractivity contribution in [1.82, 2.24) is 0 Å². The Morgan fingerprint density at radius 1 is 0.857 bits per heavy atom. The third-order valence-electron chi connectivity index (χ3n) is 1.87. The first-order valence-corrected chi connectivity index (χ1v) is 5.25. The summed E-state index contributed by atoms with van der Waals surface area (Å²) in [4.78, 5) is 0. The molecule has 0 aliphatic carbocycles. The normalized spacial score (nSPS) is 22.7. The molecule has 0 heterocycles. The molecule has 0 bridgehead atoms. The molecule has 4 unspecified atom stereocenters. The molecule has 0 nitrogen and oxygen atoms in total. The van der Waals surface area contributed by atoms with Crippen molar-refractivity contribution in [3.05, 3.63) is 0 Å². The zero-order valence-electron chi connectivity index (χ0n) is 13.6. The van der Waals surface area contributed by atoms with Crippen LogP contribution in [0.2, 0.25) is 0 Å². The van der Waals surface area contributed by atoms with Crippen LogP contribution in [0.4, 0.5) is 0 Å². The molecule has 14 heavy (non-hydrogen) atoms. The fraction of sp³-hybridized carbons (Fsp3) is 0.857. The minimum Gasteiger partial charge on any atom is -0.0999 e. The maximum atomic E-state index is 7.47. The maximum absolute atomic E-state index is 7.47. The molecule has 0 saturated heterocycles. The summed E-state index contributed by atoms with van der Waals surface area (Å²) in [5, 5.41) is 0. The van der Waals surface area contributed by atoms with Crippen LogP contribution in [-0.4, -0.2) is 0 Å². The molecule has 82 valence electrons. The fourth-order valence-electron chi connectivity index (χ4n) is 1.32. The summed E-state index contributed by atoms with van der Waals surface area (Å²) >= 11 is 0. The minimum absolute atomic E-state index is 0.0331. The van der Waals surface area contributed by atoms with Crippen molar-refractivity contribution in [2.45, 2.75) is 54.3 Å². The van der Waals surface area contributed by atoms with Gasteiger partial charge in [-0.1, -0.05) is 53.3 Å². The van der Waals surface area contributed by atoms with Gasteiger partial charge >= 0.3 is 0 Å². The summed E-state index contributed by atoms with van der Waals surface area (Å²) in [5.41, 5.74) is 0. The van der Waals surface area contributed by atoms with E-state index in [1.54, 1.807) is 0 Å². The van der Waals surface area contributed by atoms with Gasteiger partial charge in [-0.05, 0) is 24.7 Å². The Morgan fingerprint density at radius 3 is 1.57 bits per heavy atom. The van der Waals surface area contributed by atoms with E-state index in [1.807, 2.05) is 13.8 Å². The van der Waals surface area contributed by atoms with E-state index in [1.165, 1.54) is 0 Å². The van der Waals surface area contributed by atoms with Crippen LogP contribution in [0.25, 0.3) is 0 Å². The van der Waals surface area contributed by atoms with Gasteiger partial charge < -0.3 is 0 Å². The Bertz CT molecular complexity index is 232. The highest BCUT2D eigenvalue weighted by Crippen LogP contribution is 2.12. The van der Waals surface area contributed by atoms with Crippen molar-refractivity contribution in [2.75, 3.05) is 0 Å². The van der Waals surface area contributed by atoms with Gasteiger partial charge in [-0.2, -0.15) is 0 Å². The lowest BCUT2D eigenvalue weighted by molar-refractivity contribution is 0.502. The minimum atomic E-state index is 0.0331. The molecule has 0 aliphatic heterocycles. The molecular weight excluding hydrogens is 168 g/mol. The van der Waals surface area contributed by atoms with Crippen LogP contribution in [0.15, 0.2) is 0 Å². The SMILES string of the molecule is [2H]CC(C)CC(C#CC(C[2H])CC(C)C[2H])C[2H]. The molecule has 4 atom stereocenters. The van der Waals surface area contributed by atoms with Crippen molar-refractivity contribution in [1.29, 1.82) is 0 Å². The van der Waals surface area contributed by atoms with Gasteiger partial charge in [0.15, 0.2) is 0 Å². The summed E-state index contributed by atoms with van der Waals surface area (Å²) in [6.07, 6.45) is 1.61. The van der Waals surface area contributed by atoms with E-state index in [9.17, 15) is 0 Å². The van der Waals surface area contributed by atoms with E-state index in [4.69, 9.17) is 5.48 Å². The molecule has 0 amide bonds. The first kappa shape index (κ1) is 7.80. The van der Waals surface area contributed by atoms with Crippen LogP contribution in [0.3, 0.4) is 0 Å². The van der Waals surface area contributed by atoms with E-state index in [2.05, 4.69) is 11.8 Å². The summed E-state index contributed by atoms with van der Waals surface area (Å²) in [5.74, 6) is 6.87. The van der Waals surface area contributed by atoms with Crippen LogP contribution in [0.1, 0.15) is 59.8 Å². The van der Waals surface area contributed by atoms with Gasteiger partial charge in [0, 0.05) is 17.3 Å². The highest BCUT2D eigenvalue weighted by atomic mass is 14.1.